The summed E-state index contributed by atoms with van der Waals surface area (Å²) in [6, 6.07) is 8.62. The first-order valence-corrected chi connectivity index (χ1v) is 6.48. The molecular weight excluding hydrogens is 319 g/mol. The van der Waals surface area contributed by atoms with E-state index in [-0.39, 0.29) is 18.7 Å². The molecule has 1 aromatic carbocycles. The van der Waals surface area contributed by atoms with E-state index < -0.39 is 17.3 Å². The molecule has 114 valence electrons. The molecule has 2 aromatic rings. The van der Waals surface area contributed by atoms with Gasteiger partial charge in [0.2, 0.25) is 0 Å². The largest absolute Gasteiger partial charge is 0.421 e. The Bertz CT molecular complexity index is 776. The van der Waals surface area contributed by atoms with Crippen LogP contribution >= 0.6 is 11.6 Å². The highest BCUT2D eigenvalue weighted by atomic mass is 35.5. The molecule has 1 aromatic heterocycles. The second kappa shape index (κ2) is 6.20. The highest BCUT2D eigenvalue weighted by Crippen LogP contribution is 2.26. The summed E-state index contributed by atoms with van der Waals surface area (Å²) < 4.78 is 39.4. The molecule has 0 aliphatic carbocycles. The number of nitrogens with zero attached hydrogens (tertiary/aromatic N) is 3. The van der Waals surface area contributed by atoms with Crippen LogP contribution in [0.3, 0.4) is 0 Å². The summed E-state index contributed by atoms with van der Waals surface area (Å²) in [6.45, 7) is -0.141. The molecule has 8 heteroatoms. The maximum Gasteiger partial charge on any atom is 0.421 e. The molecule has 0 unspecified atom stereocenters. The Labute approximate surface area is 128 Å². The number of nitriles is 1. The van der Waals surface area contributed by atoms with Gasteiger partial charge in [-0.25, -0.2) is 4.68 Å². The minimum absolute atomic E-state index is 0.108. The van der Waals surface area contributed by atoms with E-state index >= 15 is 0 Å². The second-order valence-corrected chi connectivity index (χ2v) is 4.91. The van der Waals surface area contributed by atoms with Crippen LogP contribution in [0.15, 0.2) is 35.1 Å². The Morgan fingerprint density at radius 3 is 2.45 bits per heavy atom. The maximum absolute atomic E-state index is 12.9. The van der Waals surface area contributed by atoms with Gasteiger partial charge in [-0.1, -0.05) is 23.7 Å². The molecule has 0 amide bonds. The second-order valence-electron chi connectivity index (χ2n) is 4.47. The van der Waals surface area contributed by atoms with Gasteiger partial charge in [0.1, 0.15) is 5.56 Å². The van der Waals surface area contributed by atoms with Crippen molar-refractivity contribution >= 4 is 11.6 Å². The van der Waals surface area contributed by atoms with Gasteiger partial charge < -0.3 is 0 Å². The van der Waals surface area contributed by atoms with E-state index in [1.807, 2.05) is 0 Å². The summed E-state index contributed by atoms with van der Waals surface area (Å²) in [7, 11) is 0. The fraction of sp³-hybridized carbons (Fsp3) is 0.214. The number of hydrogen-bond acceptors (Lipinski definition) is 3. The fourth-order valence-corrected chi connectivity index (χ4v) is 1.96. The maximum atomic E-state index is 12.9. The van der Waals surface area contributed by atoms with E-state index in [9.17, 15) is 18.0 Å². The number of benzene rings is 1. The van der Waals surface area contributed by atoms with Gasteiger partial charge in [-0.05, 0) is 23.8 Å². The van der Waals surface area contributed by atoms with Gasteiger partial charge in [0.15, 0.2) is 0 Å². The average Bonchev–Trinajstić information content (AvgIpc) is 2.43. The number of alkyl halides is 3. The lowest BCUT2D eigenvalue weighted by molar-refractivity contribution is -0.139. The third-order valence-electron chi connectivity index (χ3n) is 2.84. The molecule has 0 spiro atoms. The van der Waals surface area contributed by atoms with Crippen LogP contribution in [-0.4, -0.2) is 9.78 Å². The van der Waals surface area contributed by atoms with E-state index in [2.05, 4.69) is 5.10 Å². The number of aromatic nitrogens is 2. The Hall–Kier alpha value is -2.33. The molecule has 0 saturated heterocycles. The van der Waals surface area contributed by atoms with E-state index in [1.165, 1.54) is 0 Å². The topological polar surface area (TPSA) is 58.7 Å². The Kier molecular flexibility index (Phi) is 4.52. The highest BCUT2D eigenvalue weighted by Gasteiger charge is 2.35. The van der Waals surface area contributed by atoms with E-state index in [4.69, 9.17) is 16.9 Å². The molecule has 0 saturated carbocycles. The summed E-state index contributed by atoms with van der Waals surface area (Å²) in [6.07, 6.45) is -5.12. The van der Waals surface area contributed by atoms with Crippen molar-refractivity contribution in [1.29, 1.82) is 5.26 Å². The van der Waals surface area contributed by atoms with Crippen LogP contribution in [0.5, 0.6) is 0 Å². The summed E-state index contributed by atoms with van der Waals surface area (Å²) in [5.74, 6) is 0. The molecule has 0 fully saturated rings. The summed E-state index contributed by atoms with van der Waals surface area (Å²) >= 11 is 5.73. The smallest absolute Gasteiger partial charge is 0.267 e. The lowest BCUT2D eigenvalue weighted by atomic mass is 10.2. The van der Waals surface area contributed by atoms with Gasteiger partial charge >= 0.3 is 6.18 Å². The van der Waals surface area contributed by atoms with Gasteiger partial charge in [-0.3, -0.25) is 4.79 Å². The molecule has 0 aliphatic rings. The summed E-state index contributed by atoms with van der Waals surface area (Å²) in [5.41, 5.74) is -2.12. The minimum Gasteiger partial charge on any atom is -0.267 e. The first-order valence-electron chi connectivity index (χ1n) is 6.11. The van der Waals surface area contributed by atoms with Gasteiger partial charge in [0.05, 0.1) is 24.7 Å². The van der Waals surface area contributed by atoms with Crippen molar-refractivity contribution < 1.29 is 13.2 Å². The van der Waals surface area contributed by atoms with Gasteiger partial charge in [-0.2, -0.15) is 23.5 Å². The van der Waals surface area contributed by atoms with Crippen LogP contribution < -0.4 is 5.56 Å². The van der Waals surface area contributed by atoms with Gasteiger partial charge in [0.25, 0.3) is 5.56 Å². The molecule has 22 heavy (non-hydrogen) atoms. The van der Waals surface area contributed by atoms with Crippen molar-refractivity contribution in [2.24, 2.45) is 0 Å². The third kappa shape index (κ3) is 3.65. The lowest BCUT2D eigenvalue weighted by Gasteiger charge is -2.11. The van der Waals surface area contributed by atoms with Crippen LogP contribution in [0.2, 0.25) is 5.02 Å². The van der Waals surface area contributed by atoms with Crippen molar-refractivity contribution in [2.75, 3.05) is 0 Å². The monoisotopic (exact) mass is 327 g/mol. The quantitative estimate of drug-likeness (QED) is 0.870. The van der Waals surface area contributed by atoms with Crippen molar-refractivity contribution in [1.82, 2.24) is 9.78 Å². The van der Waals surface area contributed by atoms with E-state index in [1.54, 1.807) is 30.3 Å². The van der Waals surface area contributed by atoms with Gasteiger partial charge in [-0.15, -0.1) is 0 Å². The molecule has 0 aliphatic heterocycles. The minimum atomic E-state index is -4.80. The Morgan fingerprint density at radius 1 is 1.27 bits per heavy atom. The standard InChI is InChI=1S/C14H9ClF3N3O/c15-10-3-1-9(2-4-10)8-21-13(22)12(14(16,17)18)7-11(20-21)5-6-19/h1-4,7H,5,8H2. The lowest BCUT2D eigenvalue weighted by Crippen LogP contribution is -2.31. The zero-order valence-electron chi connectivity index (χ0n) is 11.1. The van der Waals surface area contributed by atoms with Crippen LogP contribution in [0.4, 0.5) is 13.2 Å². The van der Waals surface area contributed by atoms with E-state index in [0.29, 0.717) is 21.3 Å². The average molecular weight is 328 g/mol. The van der Waals surface area contributed by atoms with Crippen molar-refractivity contribution in [3.8, 4) is 6.07 Å². The predicted octanol–water partition coefficient (Wildman–Crippen LogP) is 3.03. The number of rotatable bonds is 3. The van der Waals surface area contributed by atoms with Crippen molar-refractivity contribution in [2.45, 2.75) is 19.1 Å². The zero-order chi connectivity index (χ0) is 16.3. The highest BCUT2D eigenvalue weighted by molar-refractivity contribution is 6.30. The normalized spacial score (nSPS) is 11.2. The van der Waals surface area contributed by atoms with Crippen LogP contribution in [0.1, 0.15) is 16.8 Å². The predicted molar refractivity (Wildman–Crippen MR) is 73.4 cm³/mol. The van der Waals surface area contributed by atoms with Crippen LogP contribution in [0, 0.1) is 11.3 Å². The number of halogens is 4. The molecule has 0 bridgehead atoms. The number of hydrogen-bond donors (Lipinski definition) is 0. The summed E-state index contributed by atoms with van der Waals surface area (Å²) in [4.78, 5) is 11.9. The third-order valence-corrected chi connectivity index (χ3v) is 3.09. The fourth-order valence-electron chi connectivity index (χ4n) is 1.84. The molecule has 1 heterocycles. The zero-order valence-corrected chi connectivity index (χ0v) is 11.8. The van der Waals surface area contributed by atoms with E-state index in [0.717, 1.165) is 0 Å². The Morgan fingerprint density at radius 2 is 1.91 bits per heavy atom. The van der Waals surface area contributed by atoms with Gasteiger partial charge in [0, 0.05) is 5.02 Å². The first kappa shape index (κ1) is 16.0. The van der Waals surface area contributed by atoms with Crippen molar-refractivity contribution in [3.63, 3.8) is 0 Å². The molecule has 0 N–H and O–H groups in total. The summed E-state index contributed by atoms with van der Waals surface area (Å²) in [5, 5.41) is 12.9. The molecule has 4 nitrogen and oxygen atoms in total. The van der Waals surface area contributed by atoms with Crippen molar-refractivity contribution in [3.05, 3.63) is 62.5 Å². The van der Waals surface area contributed by atoms with Crippen LogP contribution in [-0.2, 0) is 19.1 Å². The molecule has 2 rings (SSSR count). The molecule has 0 atom stereocenters. The molecule has 0 radical (unpaired) electrons. The van der Waals surface area contributed by atoms with Crippen LogP contribution in [0.25, 0.3) is 0 Å². The Balaban J connectivity index is 2.50. The molecular formula is C14H9ClF3N3O. The SMILES string of the molecule is N#CCc1cc(C(F)(F)F)c(=O)n(Cc2ccc(Cl)cc2)n1. The first-order chi connectivity index (χ1) is 10.3.